The van der Waals surface area contributed by atoms with Crippen LogP contribution in [0.1, 0.15) is 96.8 Å². The number of hydrogen-bond acceptors (Lipinski definition) is 13. The monoisotopic (exact) mass is 688 g/mol. The van der Waals surface area contributed by atoms with E-state index < -0.39 is 67.4 Å². The Balaban J connectivity index is 1.83. The molecule has 2 heterocycles. The molecule has 0 aromatic rings. The van der Waals surface area contributed by atoms with E-state index in [-0.39, 0.29) is 26.3 Å². The zero-order valence-corrected chi connectivity index (χ0v) is 28.5. The molecule has 17 nitrogen and oxygen atoms in total. The van der Waals surface area contributed by atoms with E-state index in [0.717, 1.165) is 19.3 Å². The van der Waals surface area contributed by atoms with E-state index in [9.17, 15) is 20.4 Å². The maximum atomic E-state index is 10.5. The summed E-state index contributed by atoms with van der Waals surface area (Å²) in [5.74, 6) is 0. The van der Waals surface area contributed by atoms with Gasteiger partial charge in [-0.2, -0.15) is 0 Å². The average molecular weight is 689 g/mol. The molecular formula is C31H60N8O9. The van der Waals surface area contributed by atoms with Crippen LogP contribution >= 0.6 is 0 Å². The molecular weight excluding hydrogens is 628 g/mol. The van der Waals surface area contributed by atoms with Gasteiger partial charge in [-0.05, 0) is 17.5 Å². The molecule has 0 amide bonds. The van der Waals surface area contributed by atoms with Crippen LogP contribution in [0.15, 0.2) is 10.2 Å². The van der Waals surface area contributed by atoms with Crippen molar-refractivity contribution < 1.29 is 44.1 Å². The molecule has 2 aliphatic heterocycles. The Labute approximate surface area is 283 Å². The van der Waals surface area contributed by atoms with Gasteiger partial charge in [-0.1, -0.05) is 101 Å². The van der Waals surface area contributed by atoms with Crippen molar-refractivity contribution in [1.82, 2.24) is 0 Å². The minimum absolute atomic E-state index is 0.0416. The number of rotatable bonds is 26. The molecule has 4 unspecified atom stereocenters. The third-order valence-electron chi connectivity index (χ3n) is 8.87. The number of aliphatic hydroxyl groups excluding tert-OH is 4. The Morgan fingerprint density at radius 2 is 1.08 bits per heavy atom. The normalized spacial score (nSPS) is 31.1. The van der Waals surface area contributed by atoms with E-state index in [0.29, 0.717) is 6.61 Å². The highest BCUT2D eigenvalue weighted by atomic mass is 16.7. The highest BCUT2D eigenvalue weighted by Crippen LogP contribution is 2.25. The Morgan fingerprint density at radius 1 is 0.646 bits per heavy atom. The maximum absolute atomic E-state index is 10.5. The van der Waals surface area contributed by atoms with Crippen molar-refractivity contribution in [3.63, 3.8) is 0 Å². The molecule has 2 aliphatic rings. The molecule has 2 fully saturated rings. The zero-order chi connectivity index (χ0) is 35.1. The lowest BCUT2D eigenvalue weighted by atomic mass is 9.97. The summed E-state index contributed by atoms with van der Waals surface area (Å²) < 4.78 is 29.2. The third kappa shape index (κ3) is 15.4. The van der Waals surface area contributed by atoms with Crippen molar-refractivity contribution in [3.8, 4) is 0 Å². The predicted octanol–water partition coefficient (Wildman–Crippen LogP) is 3.05. The number of nitrogens with zero attached hydrogens (tertiary/aromatic N) is 6. The van der Waals surface area contributed by atoms with Crippen LogP contribution in [0.3, 0.4) is 0 Å². The SMILES string of the molecule is CCCCCCCCCCCCCCCCOC[C@H](CO[C@@H]1OC(CN=[N+]=[N-])[C@@H](O)[C@H](O)C1N)O[C@@H]1OC(CN=[N+]=[N-])[C@@H](O)[C@H](O)C1N. The van der Waals surface area contributed by atoms with Crippen LogP contribution in [-0.4, -0.2) is 121 Å². The lowest BCUT2D eigenvalue weighted by molar-refractivity contribution is -0.294. The smallest absolute Gasteiger partial charge is 0.176 e. The fraction of sp³-hybridized carbons (Fsp3) is 1.00. The van der Waals surface area contributed by atoms with E-state index >= 15 is 0 Å². The van der Waals surface area contributed by atoms with Crippen molar-refractivity contribution in [2.45, 2.75) is 164 Å². The molecule has 48 heavy (non-hydrogen) atoms. The fourth-order valence-corrected chi connectivity index (χ4v) is 5.85. The summed E-state index contributed by atoms with van der Waals surface area (Å²) in [7, 11) is 0. The Kier molecular flexibility index (Phi) is 22.2. The summed E-state index contributed by atoms with van der Waals surface area (Å²) in [6.07, 6.45) is 6.46. The maximum Gasteiger partial charge on any atom is 0.176 e. The van der Waals surface area contributed by atoms with E-state index in [1.165, 1.54) is 70.6 Å². The van der Waals surface area contributed by atoms with Crippen LogP contribution < -0.4 is 11.5 Å². The second-order valence-corrected chi connectivity index (χ2v) is 12.8. The van der Waals surface area contributed by atoms with Gasteiger partial charge in [0.25, 0.3) is 0 Å². The van der Waals surface area contributed by atoms with E-state index in [4.69, 9.17) is 46.2 Å². The summed E-state index contributed by atoms with van der Waals surface area (Å²) in [4.78, 5) is 5.34. The van der Waals surface area contributed by atoms with Crippen LogP contribution in [0.4, 0.5) is 0 Å². The summed E-state index contributed by atoms with van der Waals surface area (Å²) in [5.41, 5.74) is 29.5. The highest BCUT2D eigenvalue weighted by molar-refractivity contribution is 4.94. The molecule has 2 rings (SSSR count). The van der Waals surface area contributed by atoms with Gasteiger partial charge in [-0.3, -0.25) is 0 Å². The van der Waals surface area contributed by atoms with Gasteiger partial charge in [-0.15, -0.1) is 0 Å². The van der Waals surface area contributed by atoms with Crippen LogP contribution in [0, 0.1) is 0 Å². The second-order valence-electron chi connectivity index (χ2n) is 12.8. The number of aliphatic hydroxyl groups is 4. The molecule has 0 aliphatic carbocycles. The van der Waals surface area contributed by atoms with Gasteiger partial charge in [0.15, 0.2) is 12.6 Å². The van der Waals surface area contributed by atoms with Crippen LogP contribution in [0.2, 0.25) is 0 Å². The van der Waals surface area contributed by atoms with Gasteiger partial charge in [0.05, 0.1) is 50.6 Å². The average Bonchev–Trinajstić information content (AvgIpc) is 3.09. The second kappa shape index (κ2) is 25.2. The van der Waals surface area contributed by atoms with Gasteiger partial charge < -0.3 is 55.6 Å². The Bertz CT molecular complexity index is 946. The first-order valence-corrected chi connectivity index (χ1v) is 17.7. The van der Waals surface area contributed by atoms with Gasteiger partial charge in [0.1, 0.15) is 30.5 Å². The number of hydrogen-bond donors (Lipinski definition) is 6. The highest BCUT2D eigenvalue weighted by Gasteiger charge is 2.45. The zero-order valence-electron chi connectivity index (χ0n) is 28.5. The summed E-state index contributed by atoms with van der Waals surface area (Å²) in [5, 5.41) is 48.3. The molecule has 0 bridgehead atoms. The standard InChI is InChI=1S/C31H60N8O9/c1-2-3-4-5-6-7-8-9-10-11-12-13-14-15-16-44-19-21(46-31-25(33)29(43)27(41)23(48-31)18-37-39-35)20-45-30-24(32)28(42)26(40)22(47-30)17-36-38-34/h21-31,40-43H,2-20,32-33H2,1H3/t21-,22?,23?,24?,25?,26-,27-,28-,29-,30-,31-/m1/s1. The summed E-state index contributed by atoms with van der Waals surface area (Å²) in [6.45, 7) is 2.07. The first-order chi connectivity index (χ1) is 23.2. The summed E-state index contributed by atoms with van der Waals surface area (Å²) >= 11 is 0. The molecule has 2 saturated heterocycles. The molecule has 0 saturated carbocycles. The molecule has 17 heteroatoms. The minimum Gasteiger partial charge on any atom is -0.388 e. The largest absolute Gasteiger partial charge is 0.388 e. The topological polar surface area (TPSA) is 277 Å². The molecule has 11 atom stereocenters. The minimum atomic E-state index is -1.42. The lowest BCUT2D eigenvalue weighted by Gasteiger charge is -2.42. The van der Waals surface area contributed by atoms with E-state index in [1.807, 2.05) is 0 Å². The quantitative estimate of drug-likeness (QED) is 0.0332. The predicted molar refractivity (Wildman–Crippen MR) is 177 cm³/mol. The van der Waals surface area contributed by atoms with Crippen molar-refractivity contribution in [2.24, 2.45) is 21.7 Å². The van der Waals surface area contributed by atoms with E-state index in [1.54, 1.807) is 0 Å². The van der Waals surface area contributed by atoms with Gasteiger partial charge in [-0.25, -0.2) is 0 Å². The van der Waals surface area contributed by atoms with Gasteiger partial charge in [0, 0.05) is 16.4 Å². The van der Waals surface area contributed by atoms with E-state index in [2.05, 4.69) is 27.0 Å². The summed E-state index contributed by atoms with van der Waals surface area (Å²) in [6, 6.07) is -2.27. The van der Waals surface area contributed by atoms with Crippen LogP contribution in [0.5, 0.6) is 0 Å². The van der Waals surface area contributed by atoms with Crippen molar-refractivity contribution >= 4 is 0 Å². The molecule has 0 aromatic carbocycles. The fourth-order valence-electron chi connectivity index (χ4n) is 5.85. The molecule has 0 radical (unpaired) electrons. The molecule has 0 aromatic heterocycles. The van der Waals surface area contributed by atoms with Crippen molar-refractivity contribution in [1.29, 1.82) is 0 Å². The lowest BCUT2D eigenvalue weighted by Crippen LogP contribution is -2.63. The molecule has 0 spiro atoms. The Hall–Kier alpha value is -1.82. The third-order valence-corrected chi connectivity index (χ3v) is 8.87. The van der Waals surface area contributed by atoms with Crippen molar-refractivity contribution in [2.75, 3.05) is 32.9 Å². The van der Waals surface area contributed by atoms with Crippen molar-refractivity contribution in [3.05, 3.63) is 20.9 Å². The number of ether oxygens (including phenoxy) is 5. The number of nitrogens with two attached hydrogens (primary N) is 2. The molecule has 8 N–H and O–H groups in total. The first kappa shape index (κ1) is 42.3. The van der Waals surface area contributed by atoms with Gasteiger partial charge >= 0.3 is 0 Å². The molecule has 278 valence electrons. The van der Waals surface area contributed by atoms with Crippen LogP contribution in [0.25, 0.3) is 20.9 Å². The first-order valence-electron chi connectivity index (χ1n) is 17.7. The number of unbranched alkanes of at least 4 members (excludes halogenated alkanes) is 13. The van der Waals surface area contributed by atoms with Crippen LogP contribution in [-0.2, 0) is 23.7 Å². The van der Waals surface area contributed by atoms with Gasteiger partial charge in [0.2, 0.25) is 0 Å². The number of azide groups is 2. The Morgan fingerprint density at radius 3 is 1.56 bits per heavy atom.